The van der Waals surface area contributed by atoms with Crippen LogP contribution in [0.5, 0.6) is 0 Å². The first-order valence-corrected chi connectivity index (χ1v) is 9.86. The maximum absolute atomic E-state index is 13.0. The fourth-order valence-corrected chi connectivity index (χ4v) is 4.78. The van der Waals surface area contributed by atoms with Gasteiger partial charge in [-0.15, -0.1) is 0 Å². The van der Waals surface area contributed by atoms with Crippen LogP contribution in [0.25, 0.3) is 5.78 Å². The zero-order valence-corrected chi connectivity index (χ0v) is 15.5. The lowest BCUT2D eigenvalue weighted by Crippen LogP contribution is -2.49. The molecule has 1 fully saturated rings. The van der Waals surface area contributed by atoms with Gasteiger partial charge < -0.3 is 4.90 Å². The number of nitrogens with zero attached hydrogens (tertiary/aromatic N) is 7. The normalized spacial score (nSPS) is 15.8. The molecule has 1 aliphatic heterocycles. The highest BCUT2D eigenvalue weighted by Crippen LogP contribution is 2.23. The van der Waals surface area contributed by atoms with Crippen LogP contribution in [0.15, 0.2) is 41.6 Å². The molecule has 4 rings (SSSR count). The number of fused-ring (bicyclic) bond motifs is 1. The van der Waals surface area contributed by atoms with Crippen LogP contribution in [-0.2, 0) is 10.0 Å². The Balaban J connectivity index is 1.59. The summed E-state index contributed by atoms with van der Waals surface area (Å²) in [5.74, 6) is 1.35. The smallest absolute Gasteiger partial charge is 0.254 e. The molecule has 138 valence electrons. The van der Waals surface area contributed by atoms with E-state index in [1.165, 1.54) is 22.8 Å². The van der Waals surface area contributed by atoms with E-state index in [1.54, 1.807) is 16.6 Å². The van der Waals surface area contributed by atoms with Gasteiger partial charge in [0.05, 0.1) is 10.5 Å². The van der Waals surface area contributed by atoms with E-state index in [1.807, 2.05) is 19.1 Å². The number of rotatable bonds is 3. The third-order valence-electron chi connectivity index (χ3n) is 4.55. The Hall–Kier alpha value is -3.03. The molecule has 27 heavy (non-hydrogen) atoms. The van der Waals surface area contributed by atoms with Gasteiger partial charge in [0.15, 0.2) is 0 Å². The van der Waals surface area contributed by atoms with Crippen LogP contribution < -0.4 is 4.90 Å². The minimum Gasteiger partial charge on any atom is -0.354 e. The van der Waals surface area contributed by atoms with Crippen molar-refractivity contribution in [2.45, 2.75) is 11.8 Å². The van der Waals surface area contributed by atoms with Crippen LogP contribution in [0.1, 0.15) is 11.3 Å². The zero-order valence-electron chi connectivity index (χ0n) is 14.6. The van der Waals surface area contributed by atoms with Gasteiger partial charge in [-0.2, -0.15) is 24.2 Å². The molecule has 1 aliphatic rings. The Morgan fingerprint density at radius 3 is 2.63 bits per heavy atom. The lowest BCUT2D eigenvalue weighted by atomic mass is 10.2. The van der Waals surface area contributed by atoms with E-state index in [4.69, 9.17) is 0 Å². The molecule has 0 aliphatic carbocycles. The minimum absolute atomic E-state index is 0.0550. The van der Waals surface area contributed by atoms with E-state index in [9.17, 15) is 13.7 Å². The maximum Gasteiger partial charge on any atom is 0.254 e. The fourth-order valence-electron chi connectivity index (χ4n) is 3.22. The van der Waals surface area contributed by atoms with Crippen molar-refractivity contribution < 1.29 is 8.42 Å². The summed E-state index contributed by atoms with van der Waals surface area (Å²) in [6.07, 6.45) is 1.45. The van der Waals surface area contributed by atoms with Crippen LogP contribution in [0.3, 0.4) is 0 Å². The number of nitriles is 1. The van der Waals surface area contributed by atoms with Crippen LogP contribution in [0.2, 0.25) is 0 Å². The maximum atomic E-state index is 13.0. The molecular weight excluding hydrogens is 366 g/mol. The average molecular weight is 383 g/mol. The molecule has 0 spiro atoms. The van der Waals surface area contributed by atoms with Gasteiger partial charge in [-0.1, -0.05) is 12.1 Å². The number of hydrogen-bond donors (Lipinski definition) is 0. The van der Waals surface area contributed by atoms with E-state index < -0.39 is 10.0 Å². The summed E-state index contributed by atoms with van der Waals surface area (Å²) in [5.41, 5.74) is 0.984. The highest BCUT2D eigenvalue weighted by atomic mass is 32.2. The van der Waals surface area contributed by atoms with E-state index >= 15 is 0 Å². The van der Waals surface area contributed by atoms with Gasteiger partial charge in [0.25, 0.3) is 5.78 Å². The quantitative estimate of drug-likeness (QED) is 0.659. The number of benzene rings is 1. The third kappa shape index (κ3) is 3.01. The van der Waals surface area contributed by atoms with Crippen molar-refractivity contribution in [1.82, 2.24) is 23.9 Å². The molecule has 1 aromatic carbocycles. The van der Waals surface area contributed by atoms with Gasteiger partial charge >= 0.3 is 0 Å². The first-order valence-electron chi connectivity index (χ1n) is 8.42. The molecule has 10 heteroatoms. The molecule has 0 radical (unpaired) electrons. The third-order valence-corrected chi connectivity index (χ3v) is 6.51. The number of piperazine rings is 1. The average Bonchev–Trinajstić information content (AvgIpc) is 3.15. The number of sulfonamides is 1. The van der Waals surface area contributed by atoms with Crippen LogP contribution >= 0.6 is 0 Å². The second-order valence-electron chi connectivity index (χ2n) is 6.23. The summed E-state index contributed by atoms with van der Waals surface area (Å²) < 4.78 is 29.0. The molecule has 0 bridgehead atoms. The second-order valence-corrected chi connectivity index (χ2v) is 8.13. The summed E-state index contributed by atoms with van der Waals surface area (Å²) in [6, 6.07) is 10.2. The largest absolute Gasteiger partial charge is 0.354 e. The number of hydrogen-bond acceptors (Lipinski definition) is 7. The molecule has 0 unspecified atom stereocenters. The Kier molecular flexibility index (Phi) is 4.25. The van der Waals surface area contributed by atoms with Crippen LogP contribution in [-0.4, -0.2) is 58.5 Å². The molecule has 0 atom stereocenters. The number of aryl methyl sites for hydroxylation is 1. The van der Waals surface area contributed by atoms with Crippen molar-refractivity contribution in [3.8, 4) is 6.07 Å². The summed E-state index contributed by atoms with van der Waals surface area (Å²) in [4.78, 5) is 10.6. The second kappa shape index (κ2) is 6.61. The molecule has 0 saturated carbocycles. The van der Waals surface area contributed by atoms with Crippen LogP contribution in [0.4, 0.5) is 5.82 Å². The topological polar surface area (TPSA) is 107 Å². The first kappa shape index (κ1) is 17.4. The Labute approximate surface area is 156 Å². The molecule has 9 nitrogen and oxygen atoms in total. The molecule has 3 aromatic rings. The van der Waals surface area contributed by atoms with Crippen molar-refractivity contribution in [3.63, 3.8) is 0 Å². The predicted octanol–water partition coefficient (Wildman–Crippen LogP) is 0.815. The summed E-state index contributed by atoms with van der Waals surface area (Å²) >= 11 is 0. The van der Waals surface area contributed by atoms with Crippen LogP contribution in [0, 0.1) is 18.3 Å². The first-order chi connectivity index (χ1) is 13.0. The van der Waals surface area contributed by atoms with E-state index in [0.717, 1.165) is 11.5 Å². The lowest BCUT2D eigenvalue weighted by molar-refractivity contribution is 0.383. The Bertz CT molecular complexity index is 1140. The number of anilines is 1. The lowest BCUT2D eigenvalue weighted by Gasteiger charge is -2.35. The van der Waals surface area contributed by atoms with E-state index in [-0.39, 0.29) is 10.5 Å². The highest BCUT2D eigenvalue weighted by molar-refractivity contribution is 7.89. The fraction of sp³-hybridized carbons (Fsp3) is 0.294. The Morgan fingerprint density at radius 1 is 1.15 bits per heavy atom. The molecule has 0 amide bonds. The molecular formula is C17H17N7O2S. The van der Waals surface area contributed by atoms with Gasteiger partial charge in [0.2, 0.25) is 10.0 Å². The summed E-state index contributed by atoms with van der Waals surface area (Å²) in [6.45, 7) is 3.54. The van der Waals surface area contributed by atoms with Gasteiger partial charge in [0.1, 0.15) is 18.2 Å². The predicted molar refractivity (Wildman–Crippen MR) is 97.6 cm³/mol. The summed E-state index contributed by atoms with van der Waals surface area (Å²) in [5, 5.41) is 13.4. The van der Waals surface area contributed by atoms with Crippen molar-refractivity contribution in [3.05, 3.63) is 47.9 Å². The van der Waals surface area contributed by atoms with Crippen molar-refractivity contribution in [2.24, 2.45) is 0 Å². The zero-order chi connectivity index (χ0) is 19.0. The molecule has 2 aromatic heterocycles. The monoisotopic (exact) mass is 383 g/mol. The SMILES string of the molecule is Cc1cc(N2CCN(S(=O)(=O)c3ccccc3C#N)CC2)n2ncnc2n1. The van der Waals surface area contributed by atoms with Gasteiger partial charge in [-0.25, -0.2) is 13.4 Å². The van der Waals surface area contributed by atoms with Gasteiger partial charge in [-0.05, 0) is 19.1 Å². The molecule has 3 heterocycles. The molecule has 0 N–H and O–H groups in total. The van der Waals surface area contributed by atoms with Gasteiger partial charge in [0, 0.05) is 37.9 Å². The Morgan fingerprint density at radius 2 is 1.89 bits per heavy atom. The standard InChI is InChI=1S/C17H17N7O2S/c1-13-10-16(24-17(21-13)19-12-20-24)22-6-8-23(9-7-22)27(25,26)15-5-3-2-4-14(15)11-18/h2-5,10,12H,6-9H2,1H3. The van der Waals surface area contributed by atoms with Crippen molar-refractivity contribution >= 4 is 21.6 Å². The van der Waals surface area contributed by atoms with E-state index in [2.05, 4.69) is 20.0 Å². The van der Waals surface area contributed by atoms with E-state index in [0.29, 0.717) is 32.0 Å². The van der Waals surface area contributed by atoms with Crippen molar-refractivity contribution in [2.75, 3.05) is 31.1 Å². The summed E-state index contributed by atoms with van der Waals surface area (Å²) in [7, 11) is -3.71. The van der Waals surface area contributed by atoms with Crippen molar-refractivity contribution in [1.29, 1.82) is 5.26 Å². The molecule has 1 saturated heterocycles. The highest BCUT2D eigenvalue weighted by Gasteiger charge is 2.31. The van der Waals surface area contributed by atoms with Gasteiger partial charge in [-0.3, -0.25) is 0 Å². The number of aromatic nitrogens is 4. The minimum atomic E-state index is -3.71.